The lowest BCUT2D eigenvalue weighted by molar-refractivity contribution is -0.120. The number of carbonyl (C=O) groups excluding carboxylic acids is 2. The van der Waals surface area contributed by atoms with Gasteiger partial charge < -0.3 is 10.5 Å². The second-order valence-electron chi connectivity index (χ2n) is 5.95. The number of nitrogen functional groups attached to an aromatic ring is 1. The van der Waals surface area contributed by atoms with E-state index in [2.05, 4.69) is 6.07 Å². The predicted molar refractivity (Wildman–Crippen MR) is 77.3 cm³/mol. The smallest absolute Gasteiger partial charge is 0.141 e. The van der Waals surface area contributed by atoms with Crippen molar-refractivity contribution in [2.24, 2.45) is 0 Å². The molecule has 0 bridgehead atoms. The maximum absolute atomic E-state index is 11.4. The lowest BCUT2D eigenvalue weighted by Gasteiger charge is -2.24. The van der Waals surface area contributed by atoms with E-state index in [4.69, 9.17) is 5.73 Å². The Morgan fingerprint density at radius 1 is 1.30 bits per heavy atom. The van der Waals surface area contributed by atoms with Crippen LogP contribution < -0.4 is 5.73 Å². The van der Waals surface area contributed by atoms with Crippen LogP contribution in [-0.4, -0.2) is 24.0 Å². The van der Waals surface area contributed by atoms with Crippen LogP contribution in [0.3, 0.4) is 0 Å². The lowest BCUT2D eigenvalue weighted by Crippen LogP contribution is -2.17. The molecule has 1 aliphatic carbocycles. The summed E-state index contributed by atoms with van der Waals surface area (Å²) in [5, 5.41) is 0. The maximum atomic E-state index is 11.4. The Morgan fingerprint density at radius 3 is 2.65 bits per heavy atom. The Labute approximate surface area is 118 Å². The minimum atomic E-state index is -0.227. The summed E-state index contributed by atoms with van der Waals surface area (Å²) in [6.45, 7) is 0.767. The molecule has 2 N–H and O–H groups in total. The third-order valence-electron chi connectivity index (χ3n) is 4.72. The number of Topliss-reactive ketones (excluding diaryl/α,β-unsaturated/α-hetero) is 1. The molecule has 2 aliphatic rings. The molecular formula is C16H20N2O2. The quantitative estimate of drug-likeness (QED) is 0.662. The molecule has 0 aromatic heterocycles. The first kappa shape index (κ1) is 13.3. The summed E-state index contributed by atoms with van der Waals surface area (Å²) < 4.78 is 0. The van der Waals surface area contributed by atoms with Gasteiger partial charge >= 0.3 is 0 Å². The highest BCUT2D eigenvalue weighted by atomic mass is 16.1. The number of likely N-dealkylation sites (N-methyl/N-ethyl adjacent to an activating group) is 1. The van der Waals surface area contributed by atoms with Crippen molar-refractivity contribution in [3.05, 3.63) is 28.8 Å². The molecule has 1 unspecified atom stereocenters. The van der Waals surface area contributed by atoms with Gasteiger partial charge in [-0.05, 0) is 43.0 Å². The van der Waals surface area contributed by atoms with Gasteiger partial charge in [0.05, 0.1) is 6.04 Å². The van der Waals surface area contributed by atoms with Gasteiger partial charge in [-0.1, -0.05) is 6.07 Å². The molecular weight excluding hydrogens is 252 g/mol. The molecule has 1 fully saturated rings. The van der Waals surface area contributed by atoms with Gasteiger partial charge in [-0.15, -0.1) is 0 Å². The molecule has 1 aromatic carbocycles. The number of hydrogen-bond donors (Lipinski definition) is 1. The van der Waals surface area contributed by atoms with Crippen LogP contribution in [-0.2, 0) is 16.1 Å². The zero-order valence-corrected chi connectivity index (χ0v) is 11.8. The van der Waals surface area contributed by atoms with Crippen molar-refractivity contribution in [3.8, 4) is 0 Å². The van der Waals surface area contributed by atoms with Crippen LogP contribution in [0.5, 0.6) is 0 Å². The second kappa shape index (κ2) is 5.02. The second-order valence-corrected chi connectivity index (χ2v) is 5.95. The van der Waals surface area contributed by atoms with Crippen molar-refractivity contribution in [1.29, 1.82) is 0 Å². The highest BCUT2D eigenvalue weighted by molar-refractivity contribution is 5.79. The van der Waals surface area contributed by atoms with E-state index in [1.165, 1.54) is 11.1 Å². The monoisotopic (exact) mass is 272 g/mol. The van der Waals surface area contributed by atoms with E-state index in [-0.39, 0.29) is 6.04 Å². The summed E-state index contributed by atoms with van der Waals surface area (Å²) in [7, 11) is 1.95. The molecule has 0 radical (unpaired) electrons. The number of nitrogens with two attached hydrogens (primary N) is 1. The minimum Gasteiger partial charge on any atom is -0.398 e. The fourth-order valence-corrected chi connectivity index (χ4v) is 3.60. The molecule has 1 aromatic rings. The number of benzene rings is 1. The molecule has 1 aliphatic heterocycles. The van der Waals surface area contributed by atoms with Gasteiger partial charge in [-0.25, -0.2) is 0 Å². The third kappa shape index (κ3) is 2.04. The summed E-state index contributed by atoms with van der Waals surface area (Å²) in [5.41, 5.74) is 10.3. The van der Waals surface area contributed by atoms with Crippen molar-refractivity contribution >= 4 is 17.8 Å². The Kier molecular flexibility index (Phi) is 3.34. The average Bonchev–Trinajstić information content (AvgIpc) is 2.78. The van der Waals surface area contributed by atoms with Crippen LogP contribution in [0, 0.1) is 0 Å². The molecule has 3 rings (SSSR count). The van der Waals surface area contributed by atoms with Crippen molar-refractivity contribution in [2.45, 2.75) is 44.2 Å². The molecule has 106 valence electrons. The number of carbonyl (C=O) groups is 2. The van der Waals surface area contributed by atoms with Crippen LogP contribution in [0.25, 0.3) is 0 Å². The van der Waals surface area contributed by atoms with Crippen LogP contribution in [0.4, 0.5) is 5.69 Å². The summed E-state index contributed by atoms with van der Waals surface area (Å²) in [6, 6.07) is 3.78. The van der Waals surface area contributed by atoms with Crippen molar-refractivity contribution in [1.82, 2.24) is 4.90 Å². The Hall–Kier alpha value is -1.68. The number of anilines is 1. The number of rotatable bonds is 2. The number of hydrogen-bond acceptors (Lipinski definition) is 4. The molecule has 1 saturated carbocycles. The van der Waals surface area contributed by atoms with Crippen LogP contribution in [0.1, 0.15) is 54.3 Å². The largest absolute Gasteiger partial charge is 0.398 e. The van der Waals surface area contributed by atoms with E-state index in [1.807, 2.05) is 18.0 Å². The van der Waals surface area contributed by atoms with E-state index in [1.54, 1.807) is 0 Å². The third-order valence-corrected chi connectivity index (χ3v) is 4.72. The van der Waals surface area contributed by atoms with Crippen LogP contribution in [0.15, 0.2) is 12.1 Å². The highest BCUT2D eigenvalue weighted by Gasteiger charge is 2.33. The zero-order chi connectivity index (χ0) is 14.3. The summed E-state index contributed by atoms with van der Waals surface area (Å²) in [6.07, 6.45) is 4.17. The van der Waals surface area contributed by atoms with Crippen molar-refractivity contribution in [3.63, 3.8) is 0 Å². The predicted octanol–water partition coefficient (Wildman–Crippen LogP) is 2.18. The maximum Gasteiger partial charge on any atom is 0.141 e. The fraction of sp³-hybridized carbons (Fsp3) is 0.500. The number of nitrogens with zero attached hydrogens (tertiary/aromatic N) is 1. The number of fused-ring (bicyclic) bond motifs is 1. The van der Waals surface area contributed by atoms with Gasteiger partial charge in [-0.3, -0.25) is 9.69 Å². The fourth-order valence-electron chi connectivity index (χ4n) is 3.60. The van der Waals surface area contributed by atoms with Crippen molar-refractivity contribution in [2.75, 3.05) is 12.8 Å². The molecule has 1 atom stereocenters. The van der Waals surface area contributed by atoms with Gasteiger partial charge in [-0.2, -0.15) is 0 Å². The molecule has 4 heteroatoms. The standard InChI is InChI=1S/C16H20N2O2/c1-18-8-13-12(10-2-4-11(20)5-3-10)6-7-14(17)16(13)15(18)9-19/h6-7,9-10,15H,2-5,8,17H2,1H3. The Balaban J connectivity index is 2.00. The molecule has 1 heterocycles. The Bertz CT molecular complexity index is 558. The minimum absolute atomic E-state index is 0.227. The van der Waals surface area contributed by atoms with Crippen molar-refractivity contribution < 1.29 is 9.59 Å². The van der Waals surface area contributed by atoms with E-state index in [0.29, 0.717) is 30.2 Å². The average molecular weight is 272 g/mol. The van der Waals surface area contributed by atoms with Crippen LogP contribution in [0.2, 0.25) is 0 Å². The summed E-state index contributed by atoms with van der Waals surface area (Å²) in [5.74, 6) is 0.803. The first-order valence-corrected chi connectivity index (χ1v) is 7.20. The number of aldehydes is 1. The first-order chi connectivity index (χ1) is 9.61. The summed E-state index contributed by atoms with van der Waals surface area (Å²) >= 11 is 0. The molecule has 20 heavy (non-hydrogen) atoms. The normalized spacial score (nSPS) is 23.9. The van der Waals surface area contributed by atoms with Gasteiger partial charge in [0.2, 0.25) is 0 Å². The van der Waals surface area contributed by atoms with E-state index in [9.17, 15) is 9.59 Å². The van der Waals surface area contributed by atoms with E-state index in [0.717, 1.165) is 31.2 Å². The van der Waals surface area contributed by atoms with Gasteiger partial charge in [0, 0.05) is 30.6 Å². The lowest BCUT2D eigenvalue weighted by atomic mass is 9.80. The molecule has 4 nitrogen and oxygen atoms in total. The molecule has 0 saturated heterocycles. The van der Waals surface area contributed by atoms with E-state index < -0.39 is 0 Å². The van der Waals surface area contributed by atoms with Gasteiger partial charge in [0.1, 0.15) is 12.1 Å². The van der Waals surface area contributed by atoms with Gasteiger partial charge in [0.25, 0.3) is 0 Å². The number of ketones is 1. The highest BCUT2D eigenvalue weighted by Crippen LogP contribution is 2.42. The SMILES string of the molecule is CN1Cc2c(C3CCC(=O)CC3)ccc(N)c2C1C=O. The topological polar surface area (TPSA) is 63.4 Å². The zero-order valence-electron chi connectivity index (χ0n) is 11.8. The molecule has 0 spiro atoms. The summed E-state index contributed by atoms with van der Waals surface area (Å²) in [4.78, 5) is 24.8. The van der Waals surface area contributed by atoms with Gasteiger partial charge in [0.15, 0.2) is 0 Å². The Morgan fingerprint density at radius 2 is 2.00 bits per heavy atom. The molecule has 0 amide bonds. The first-order valence-electron chi connectivity index (χ1n) is 7.20. The van der Waals surface area contributed by atoms with Crippen LogP contribution >= 0.6 is 0 Å². The van der Waals surface area contributed by atoms with E-state index >= 15 is 0 Å².